The molecule has 0 aromatic rings. The van der Waals surface area contributed by atoms with Gasteiger partial charge in [-0.1, -0.05) is 31.9 Å². The molecule has 1 saturated carbocycles. The van der Waals surface area contributed by atoms with Gasteiger partial charge in [0.15, 0.2) is 0 Å². The molecular formula is C14H27NO. The smallest absolute Gasteiger partial charge is 0.0672 e. The van der Waals surface area contributed by atoms with Crippen LogP contribution in [-0.2, 0) is 4.74 Å². The maximum atomic E-state index is 5.44. The first-order valence-corrected chi connectivity index (χ1v) is 6.61. The molecule has 1 fully saturated rings. The summed E-state index contributed by atoms with van der Waals surface area (Å²) in [5.41, 5.74) is 1.10. The molecule has 2 nitrogen and oxygen atoms in total. The highest BCUT2D eigenvalue weighted by Crippen LogP contribution is 2.27. The Morgan fingerprint density at radius 1 is 1.44 bits per heavy atom. The van der Waals surface area contributed by atoms with Crippen molar-refractivity contribution in [1.82, 2.24) is 5.32 Å². The minimum absolute atomic E-state index is 0.697. The van der Waals surface area contributed by atoms with E-state index in [-0.39, 0.29) is 0 Å². The molecule has 0 heterocycles. The molecule has 2 heteroatoms. The Labute approximate surface area is 100 Å². The molecule has 1 aliphatic rings. The number of rotatable bonds is 7. The van der Waals surface area contributed by atoms with Gasteiger partial charge in [-0.3, -0.25) is 0 Å². The van der Waals surface area contributed by atoms with Crippen LogP contribution in [0.4, 0.5) is 0 Å². The molecule has 1 rings (SSSR count). The standard InChI is InChI=1S/C14H27NO/c1-12(2)11-16-8-7-15-10-14-6-4-5-13(3)9-14/h13-15H,1,4-11H2,2-3H3. The third-order valence-electron chi connectivity index (χ3n) is 3.25. The van der Waals surface area contributed by atoms with Crippen LogP contribution >= 0.6 is 0 Å². The monoisotopic (exact) mass is 225 g/mol. The summed E-state index contributed by atoms with van der Waals surface area (Å²) >= 11 is 0. The molecule has 0 spiro atoms. The van der Waals surface area contributed by atoms with Crippen LogP contribution in [0, 0.1) is 11.8 Å². The second kappa shape index (κ2) is 7.86. The molecule has 0 saturated heterocycles. The third kappa shape index (κ3) is 6.29. The molecule has 0 amide bonds. The molecule has 2 atom stereocenters. The summed E-state index contributed by atoms with van der Waals surface area (Å²) in [6, 6.07) is 0. The van der Waals surface area contributed by atoms with Crippen LogP contribution in [0.1, 0.15) is 39.5 Å². The van der Waals surface area contributed by atoms with E-state index in [1.165, 1.54) is 32.2 Å². The molecule has 16 heavy (non-hydrogen) atoms. The number of hydrogen-bond acceptors (Lipinski definition) is 2. The highest BCUT2D eigenvalue weighted by atomic mass is 16.5. The van der Waals surface area contributed by atoms with E-state index < -0.39 is 0 Å². The molecule has 1 aliphatic carbocycles. The SMILES string of the molecule is C=C(C)COCCNCC1CCCC(C)C1. The van der Waals surface area contributed by atoms with Crippen molar-refractivity contribution in [2.45, 2.75) is 39.5 Å². The molecule has 2 unspecified atom stereocenters. The van der Waals surface area contributed by atoms with E-state index in [0.29, 0.717) is 6.61 Å². The number of nitrogens with one attached hydrogen (secondary N) is 1. The largest absolute Gasteiger partial charge is 0.376 e. The fraction of sp³-hybridized carbons (Fsp3) is 0.857. The summed E-state index contributed by atoms with van der Waals surface area (Å²) < 4.78 is 5.44. The Hall–Kier alpha value is -0.340. The van der Waals surface area contributed by atoms with Crippen LogP contribution in [0.25, 0.3) is 0 Å². The van der Waals surface area contributed by atoms with Gasteiger partial charge in [-0.05, 0) is 38.1 Å². The van der Waals surface area contributed by atoms with Crippen LogP contribution in [0.2, 0.25) is 0 Å². The summed E-state index contributed by atoms with van der Waals surface area (Å²) in [6.45, 7) is 11.8. The summed E-state index contributed by atoms with van der Waals surface area (Å²) in [4.78, 5) is 0. The average Bonchev–Trinajstić information content (AvgIpc) is 2.23. The van der Waals surface area contributed by atoms with Crippen molar-refractivity contribution in [2.24, 2.45) is 11.8 Å². The van der Waals surface area contributed by atoms with Gasteiger partial charge in [0.05, 0.1) is 13.2 Å². The normalized spacial score (nSPS) is 25.6. The van der Waals surface area contributed by atoms with E-state index >= 15 is 0 Å². The van der Waals surface area contributed by atoms with Gasteiger partial charge in [0.1, 0.15) is 0 Å². The van der Waals surface area contributed by atoms with E-state index in [4.69, 9.17) is 4.74 Å². The van der Waals surface area contributed by atoms with E-state index in [9.17, 15) is 0 Å². The highest BCUT2D eigenvalue weighted by Gasteiger charge is 2.17. The second-order valence-corrected chi connectivity index (χ2v) is 5.35. The van der Waals surface area contributed by atoms with Crippen LogP contribution < -0.4 is 5.32 Å². The second-order valence-electron chi connectivity index (χ2n) is 5.35. The quantitative estimate of drug-likeness (QED) is 0.531. The first kappa shape index (κ1) is 13.7. The molecule has 0 aromatic carbocycles. The third-order valence-corrected chi connectivity index (χ3v) is 3.25. The Morgan fingerprint density at radius 3 is 2.94 bits per heavy atom. The first-order chi connectivity index (χ1) is 7.68. The van der Waals surface area contributed by atoms with Crippen molar-refractivity contribution in [1.29, 1.82) is 0 Å². The lowest BCUT2D eigenvalue weighted by atomic mass is 9.82. The Kier molecular flexibility index (Phi) is 6.74. The fourth-order valence-electron chi connectivity index (χ4n) is 2.44. The molecule has 0 aliphatic heterocycles. The zero-order valence-electron chi connectivity index (χ0n) is 10.9. The number of hydrogen-bond donors (Lipinski definition) is 1. The lowest BCUT2D eigenvalue weighted by Crippen LogP contribution is -2.29. The van der Waals surface area contributed by atoms with Crippen LogP contribution in [0.15, 0.2) is 12.2 Å². The van der Waals surface area contributed by atoms with Gasteiger partial charge < -0.3 is 10.1 Å². The lowest BCUT2D eigenvalue weighted by Gasteiger charge is -2.26. The predicted molar refractivity (Wildman–Crippen MR) is 69.6 cm³/mol. The van der Waals surface area contributed by atoms with Crippen molar-refractivity contribution in [3.05, 3.63) is 12.2 Å². The van der Waals surface area contributed by atoms with Gasteiger partial charge in [0.2, 0.25) is 0 Å². The van der Waals surface area contributed by atoms with Gasteiger partial charge >= 0.3 is 0 Å². The first-order valence-electron chi connectivity index (χ1n) is 6.61. The van der Waals surface area contributed by atoms with Crippen LogP contribution in [0.5, 0.6) is 0 Å². The zero-order chi connectivity index (χ0) is 11.8. The molecule has 0 aromatic heterocycles. The minimum Gasteiger partial charge on any atom is -0.376 e. The summed E-state index contributed by atoms with van der Waals surface area (Å²) in [6.07, 6.45) is 5.65. The number of ether oxygens (including phenoxy) is 1. The van der Waals surface area contributed by atoms with E-state index in [1.54, 1.807) is 0 Å². The molecule has 1 N–H and O–H groups in total. The molecule has 0 bridgehead atoms. The maximum absolute atomic E-state index is 5.44. The molecular weight excluding hydrogens is 198 g/mol. The fourth-order valence-corrected chi connectivity index (χ4v) is 2.44. The maximum Gasteiger partial charge on any atom is 0.0672 e. The Morgan fingerprint density at radius 2 is 2.25 bits per heavy atom. The average molecular weight is 225 g/mol. The topological polar surface area (TPSA) is 21.3 Å². The minimum atomic E-state index is 0.697. The molecule has 94 valence electrons. The van der Waals surface area contributed by atoms with Crippen molar-refractivity contribution in [3.8, 4) is 0 Å². The van der Waals surface area contributed by atoms with Crippen molar-refractivity contribution < 1.29 is 4.74 Å². The predicted octanol–water partition coefficient (Wildman–Crippen LogP) is 3.00. The summed E-state index contributed by atoms with van der Waals surface area (Å²) in [5.74, 6) is 1.82. The van der Waals surface area contributed by atoms with Crippen molar-refractivity contribution in [2.75, 3.05) is 26.3 Å². The van der Waals surface area contributed by atoms with Gasteiger partial charge in [-0.15, -0.1) is 0 Å². The van der Waals surface area contributed by atoms with E-state index in [1.807, 2.05) is 6.92 Å². The van der Waals surface area contributed by atoms with E-state index in [0.717, 1.165) is 30.6 Å². The Bertz CT molecular complexity index is 203. The van der Waals surface area contributed by atoms with E-state index in [2.05, 4.69) is 18.8 Å². The summed E-state index contributed by atoms with van der Waals surface area (Å²) in [7, 11) is 0. The highest BCUT2D eigenvalue weighted by molar-refractivity contribution is 4.87. The van der Waals surface area contributed by atoms with Crippen LogP contribution in [-0.4, -0.2) is 26.3 Å². The van der Waals surface area contributed by atoms with Crippen molar-refractivity contribution >= 4 is 0 Å². The van der Waals surface area contributed by atoms with Crippen LogP contribution in [0.3, 0.4) is 0 Å². The van der Waals surface area contributed by atoms with Crippen molar-refractivity contribution in [3.63, 3.8) is 0 Å². The van der Waals surface area contributed by atoms with Gasteiger partial charge in [0.25, 0.3) is 0 Å². The van der Waals surface area contributed by atoms with Gasteiger partial charge in [-0.25, -0.2) is 0 Å². The summed E-state index contributed by atoms with van der Waals surface area (Å²) in [5, 5.41) is 3.49. The Balaban J connectivity index is 1.92. The van der Waals surface area contributed by atoms with Gasteiger partial charge in [-0.2, -0.15) is 0 Å². The zero-order valence-corrected chi connectivity index (χ0v) is 10.9. The lowest BCUT2D eigenvalue weighted by molar-refractivity contribution is 0.155. The van der Waals surface area contributed by atoms with Gasteiger partial charge in [0, 0.05) is 6.54 Å². The molecule has 0 radical (unpaired) electrons.